The SMILES string of the molecule is O=C(NC(c1ccc(F)cc1)C(F)(F)F)c1n[nH]c2ccccc12. The maximum absolute atomic E-state index is 13.3. The predicted molar refractivity (Wildman–Crippen MR) is 78.8 cm³/mol. The van der Waals surface area contributed by atoms with Crippen LogP contribution in [0.2, 0.25) is 0 Å². The minimum absolute atomic E-state index is 0.137. The van der Waals surface area contributed by atoms with Crippen LogP contribution in [0.4, 0.5) is 17.6 Å². The van der Waals surface area contributed by atoms with Gasteiger partial charge in [0.25, 0.3) is 5.91 Å². The number of benzene rings is 2. The van der Waals surface area contributed by atoms with E-state index < -0.39 is 23.9 Å². The molecule has 4 nitrogen and oxygen atoms in total. The van der Waals surface area contributed by atoms with Gasteiger partial charge < -0.3 is 5.32 Å². The number of para-hydroxylation sites is 1. The lowest BCUT2D eigenvalue weighted by Gasteiger charge is -2.21. The molecular weight excluding hydrogens is 326 g/mol. The van der Waals surface area contributed by atoms with Gasteiger partial charge in [0.2, 0.25) is 0 Å². The Morgan fingerprint density at radius 2 is 1.75 bits per heavy atom. The summed E-state index contributed by atoms with van der Waals surface area (Å²) < 4.78 is 52.8. The van der Waals surface area contributed by atoms with Crippen molar-refractivity contribution in [1.82, 2.24) is 15.5 Å². The molecule has 2 N–H and O–H groups in total. The van der Waals surface area contributed by atoms with Gasteiger partial charge in [-0.05, 0) is 23.8 Å². The van der Waals surface area contributed by atoms with Crippen molar-refractivity contribution in [2.45, 2.75) is 12.2 Å². The van der Waals surface area contributed by atoms with Gasteiger partial charge in [0.1, 0.15) is 5.82 Å². The maximum Gasteiger partial charge on any atom is 0.412 e. The average molecular weight is 337 g/mol. The summed E-state index contributed by atoms with van der Waals surface area (Å²) in [7, 11) is 0. The summed E-state index contributed by atoms with van der Waals surface area (Å²) in [5.74, 6) is -1.64. The largest absolute Gasteiger partial charge is 0.412 e. The van der Waals surface area contributed by atoms with Crippen LogP contribution in [-0.4, -0.2) is 22.3 Å². The van der Waals surface area contributed by atoms with E-state index >= 15 is 0 Å². The van der Waals surface area contributed by atoms with Crippen molar-refractivity contribution >= 4 is 16.8 Å². The number of carbonyl (C=O) groups is 1. The topological polar surface area (TPSA) is 57.8 Å². The molecule has 3 aromatic rings. The Morgan fingerprint density at radius 1 is 1.08 bits per heavy atom. The molecular formula is C16H11F4N3O. The van der Waals surface area contributed by atoms with Gasteiger partial charge in [-0.1, -0.05) is 30.3 Å². The third-order valence-electron chi connectivity index (χ3n) is 3.49. The molecule has 1 amide bonds. The van der Waals surface area contributed by atoms with Crippen LogP contribution in [0, 0.1) is 5.82 Å². The highest BCUT2D eigenvalue weighted by Gasteiger charge is 2.42. The van der Waals surface area contributed by atoms with Gasteiger partial charge >= 0.3 is 6.18 Å². The normalized spacial score (nSPS) is 13.0. The van der Waals surface area contributed by atoms with E-state index in [1.54, 1.807) is 24.3 Å². The molecule has 0 bridgehead atoms. The second-order valence-corrected chi connectivity index (χ2v) is 5.12. The van der Waals surface area contributed by atoms with Crippen molar-refractivity contribution < 1.29 is 22.4 Å². The second-order valence-electron chi connectivity index (χ2n) is 5.12. The molecule has 8 heteroatoms. The molecule has 0 saturated heterocycles. The minimum Gasteiger partial charge on any atom is -0.335 e. The van der Waals surface area contributed by atoms with Gasteiger partial charge in [0, 0.05) is 5.39 Å². The standard InChI is InChI=1S/C16H11F4N3O/c17-10-7-5-9(6-8-10)14(16(18,19)20)21-15(24)13-11-3-1-2-4-12(11)22-23-13/h1-8,14H,(H,21,24)(H,22,23). The lowest BCUT2D eigenvalue weighted by Crippen LogP contribution is -2.38. The van der Waals surface area contributed by atoms with Gasteiger partial charge in [0.15, 0.2) is 11.7 Å². The Kier molecular flexibility index (Phi) is 3.96. The molecule has 1 heterocycles. The Hall–Kier alpha value is -2.90. The molecule has 2 aromatic carbocycles. The van der Waals surface area contributed by atoms with Gasteiger partial charge in [-0.15, -0.1) is 0 Å². The molecule has 0 aliphatic rings. The highest BCUT2D eigenvalue weighted by atomic mass is 19.4. The molecule has 0 aliphatic carbocycles. The summed E-state index contributed by atoms with van der Waals surface area (Å²) in [6.45, 7) is 0. The first-order valence-corrected chi connectivity index (χ1v) is 6.92. The number of fused-ring (bicyclic) bond motifs is 1. The Bertz CT molecular complexity index is 871. The number of hydrogen-bond acceptors (Lipinski definition) is 2. The third kappa shape index (κ3) is 3.08. The molecule has 1 aromatic heterocycles. The summed E-state index contributed by atoms with van der Waals surface area (Å²) >= 11 is 0. The highest BCUT2D eigenvalue weighted by molar-refractivity contribution is 6.04. The van der Waals surface area contributed by atoms with E-state index in [2.05, 4.69) is 10.2 Å². The number of alkyl halides is 3. The Morgan fingerprint density at radius 3 is 2.42 bits per heavy atom. The number of carbonyl (C=O) groups excluding carboxylic acids is 1. The number of hydrogen-bond donors (Lipinski definition) is 2. The molecule has 24 heavy (non-hydrogen) atoms. The van der Waals surface area contributed by atoms with Crippen LogP contribution in [0.5, 0.6) is 0 Å². The monoisotopic (exact) mass is 337 g/mol. The van der Waals surface area contributed by atoms with Crippen LogP contribution >= 0.6 is 0 Å². The smallest absolute Gasteiger partial charge is 0.335 e. The van der Waals surface area contributed by atoms with Crippen LogP contribution in [0.3, 0.4) is 0 Å². The van der Waals surface area contributed by atoms with Gasteiger partial charge in [-0.3, -0.25) is 9.89 Å². The van der Waals surface area contributed by atoms with E-state index in [9.17, 15) is 22.4 Å². The number of rotatable bonds is 3. The molecule has 3 rings (SSSR count). The van der Waals surface area contributed by atoms with E-state index in [0.717, 1.165) is 24.3 Å². The Labute approximate surface area is 133 Å². The highest BCUT2D eigenvalue weighted by Crippen LogP contribution is 2.33. The molecule has 0 radical (unpaired) electrons. The van der Waals surface area contributed by atoms with Crippen LogP contribution in [0.15, 0.2) is 48.5 Å². The van der Waals surface area contributed by atoms with Crippen molar-refractivity contribution in [3.8, 4) is 0 Å². The fourth-order valence-electron chi connectivity index (χ4n) is 2.35. The fourth-order valence-corrected chi connectivity index (χ4v) is 2.35. The zero-order chi connectivity index (χ0) is 17.3. The first-order valence-electron chi connectivity index (χ1n) is 6.92. The van der Waals surface area contributed by atoms with Crippen LogP contribution in [0.25, 0.3) is 10.9 Å². The van der Waals surface area contributed by atoms with Crippen molar-refractivity contribution in [3.05, 3.63) is 65.6 Å². The molecule has 124 valence electrons. The lowest BCUT2D eigenvalue weighted by atomic mass is 10.1. The molecule has 0 aliphatic heterocycles. The van der Waals surface area contributed by atoms with Gasteiger partial charge in [0.05, 0.1) is 5.52 Å². The van der Waals surface area contributed by atoms with E-state index in [0.29, 0.717) is 10.9 Å². The number of aromatic amines is 1. The second kappa shape index (κ2) is 5.95. The summed E-state index contributed by atoms with van der Waals surface area (Å²) in [4.78, 5) is 12.2. The summed E-state index contributed by atoms with van der Waals surface area (Å²) in [6.07, 6.45) is -4.74. The Balaban J connectivity index is 1.93. The van der Waals surface area contributed by atoms with Gasteiger partial charge in [-0.25, -0.2) is 4.39 Å². The molecule has 1 atom stereocenters. The number of nitrogens with one attached hydrogen (secondary N) is 2. The molecule has 0 fully saturated rings. The number of aromatic nitrogens is 2. The molecule has 0 saturated carbocycles. The molecule has 1 unspecified atom stereocenters. The number of nitrogens with zero attached hydrogens (tertiary/aromatic N) is 1. The average Bonchev–Trinajstić information content (AvgIpc) is 2.96. The maximum atomic E-state index is 13.3. The summed E-state index contributed by atoms with van der Waals surface area (Å²) in [6, 6.07) is 8.10. The van der Waals surface area contributed by atoms with Crippen molar-refractivity contribution in [2.24, 2.45) is 0 Å². The quantitative estimate of drug-likeness (QED) is 0.716. The first-order chi connectivity index (χ1) is 11.4. The summed E-state index contributed by atoms with van der Waals surface area (Å²) in [5, 5.41) is 8.69. The first kappa shape index (κ1) is 16.0. The van der Waals surface area contributed by atoms with E-state index in [1.165, 1.54) is 0 Å². The van der Waals surface area contributed by atoms with Crippen LogP contribution < -0.4 is 5.32 Å². The van der Waals surface area contributed by atoms with Crippen molar-refractivity contribution in [2.75, 3.05) is 0 Å². The minimum atomic E-state index is -4.74. The number of amides is 1. The van der Waals surface area contributed by atoms with Crippen LogP contribution in [-0.2, 0) is 0 Å². The van der Waals surface area contributed by atoms with E-state index in [4.69, 9.17) is 0 Å². The lowest BCUT2D eigenvalue weighted by molar-refractivity contribution is -0.155. The zero-order valence-electron chi connectivity index (χ0n) is 12.1. The molecule has 0 spiro atoms. The van der Waals surface area contributed by atoms with Crippen molar-refractivity contribution in [1.29, 1.82) is 0 Å². The van der Waals surface area contributed by atoms with Crippen LogP contribution in [0.1, 0.15) is 22.1 Å². The predicted octanol–water partition coefficient (Wildman–Crippen LogP) is 3.74. The number of H-pyrrole nitrogens is 1. The van der Waals surface area contributed by atoms with E-state index in [1.807, 2.05) is 5.32 Å². The summed E-state index contributed by atoms with van der Waals surface area (Å²) in [5.41, 5.74) is 0.132. The zero-order valence-corrected chi connectivity index (χ0v) is 12.1. The number of halogens is 4. The van der Waals surface area contributed by atoms with Gasteiger partial charge in [-0.2, -0.15) is 18.3 Å². The third-order valence-corrected chi connectivity index (χ3v) is 3.49. The fraction of sp³-hybridized carbons (Fsp3) is 0.125. The van der Waals surface area contributed by atoms with E-state index in [-0.39, 0.29) is 11.3 Å². The van der Waals surface area contributed by atoms with Crippen molar-refractivity contribution in [3.63, 3.8) is 0 Å².